The molecule has 0 saturated carbocycles. The van der Waals surface area contributed by atoms with Gasteiger partial charge in [-0.2, -0.15) is 0 Å². The molecule has 0 aliphatic carbocycles. The van der Waals surface area contributed by atoms with Crippen LogP contribution in [0.4, 0.5) is 0 Å². The summed E-state index contributed by atoms with van der Waals surface area (Å²) in [5.74, 6) is 1.04. The largest absolute Gasteiger partial charge is 0.508 e. The van der Waals surface area contributed by atoms with Crippen molar-refractivity contribution in [3.05, 3.63) is 81.3 Å². The lowest BCUT2D eigenvalue weighted by Crippen LogP contribution is -2.16. The van der Waals surface area contributed by atoms with Gasteiger partial charge in [0.05, 0.1) is 0 Å². The van der Waals surface area contributed by atoms with E-state index in [1.165, 1.54) is 40.0 Å². The van der Waals surface area contributed by atoms with E-state index in [0.717, 1.165) is 21.1 Å². The number of fused-ring (bicyclic) bond motifs is 1. The van der Waals surface area contributed by atoms with Gasteiger partial charge < -0.3 is 9.52 Å². The molecule has 4 rings (SSSR count). The van der Waals surface area contributed by atoms with E-state index in [4.69, 9.17) is 31.8 Å². The van der Waals surface area contributed by atoms with Crippen molar-refractivity contribution in [1.82, 2.24) is 4.98 Å². The molecule has 0 aliphatic rings. The molecule has 0 unspecified atom stereocenters. The highest BCUT2D eigenvalue weighted by Crippen LogP contribution is 2.37. The van der Waals surface area contributed by atoms with Crippen LogP contribution in [0.2, 0.25) is 0 Å². The lowest BCUT2D eigenvalue weighted by atomic mass is 9.80. The summed E-state index contributed by atoms with van der Waals surface area (Å²) in [6.45, 7) is 26.3. The van der Waals surface area contributed by atoms with E-state index in [1.54, 1.807) is 107 Å². The van der Waals surface area contributed by atoms with Gasteiger partial charge in [0.25, 0.3) is 0 Å². The predicted octanol–water partition coefficient (Wildman–Crippen LogP) is 10.8. The quantitative estimate of drug-likeness (QED) is 0.206. The molecule has 1 heterocycles. The van der Waals surface area contributed by atoms with Crippen LogP contribution in [0.25, 0.3) is 22.6 Å². The monoisotopic (exact) mass is 1580 g/mol. The van der Waals surface area contributed by atoms with Crippen molar-refractivity contribution in [1.29, 1.82) is 0 Å². The van der Waals surface area contributed by atoms with Crippen LogP contribution in [-0.2, 0) is 302 Å². The Bertz CT molecular complexity index is 3710. The van der Waals surface area contributed by atoms with Crippen LogP contribution in [0.3, 0.4) is 0 Å². The van der Waals surface area contributed by atoms with Crippen LogP contribution in [0.15, 0.2) is 63.5 Å². The minimum atomic E-state index is -0.00394. The molecule has 0 spiro atoms. The van der Waals surface area contributed by atoms with Crippen molar-refractivity contribution in [2.45, 2.75) is 105 Å². The Balaban J connectivity index is 0.000000380. The summed E-state index contributed by atoms with van der Waals surface area (Å²) in [6.07, 6.45) is 0. The van der Waals surface area contributed by atoms with E-state index in [2.05, 4.69) is 117 Å². The highest BCUT2D eigenvalue weighted by Gasteiger charge is 2.25. The SMILES string of the molecule is CC(C)(C)c1cc(C(C)(C)C)c2oc(-c3ccc(Br)cc3)nc2c1.CC(C)(C)c1cc(O)cc(C(C)(C)C)c1.S=S=S=S=S=S=S=S=S=S=S=S=S=S=S=S=S=S=S=S=S=S=S=S=S=S=S=S=S=S=S. The Morgan fingerprint density at radius 1 is 0.414 bits per heavy atom. The van der Waals surface area contributed by atoms with E-state index in [-0.39, 0.29) is 21.7 Å². The third-order valence-corrected chi connectivity index (χ3v) is 70.4. The van der Waals surface area contributed by atoms with Crippen LogP contribution in [0, 0.1) is 0 Å². The van der Waals surface area contributed by atoms with Gasteiger partial charge in [-0.1, -0.05) is 111 Å². The van der Waals surface area contributed by atoms with Crippen LogP contribution in [0.5, 0.6) is 5.75 Å². The van der Waals surface area contributed by atoms with Gasteiger partial charge in [0, 0.05) is 296 Å². The van der Waals surface area contributed by atoms with Crippen molar-refractivity contribution in [3.8, 4) is 17.2 Å². The normalized spacial score (nSPS) is 10.5. The van der Waals surface area contributed by atoms with E-state index in [0.29, 0.717) is 11.6 Å². The molecule has 70 heavy (non-hydrogen) atoms. The highest BCUT2D eigenvalue weighted by molar-refractivity contribution is 9.10. The first-order valence-electron chi connectivity index (χ1n) is 18.7. The maximum absolute atomic E-state index is 9.72. The first-order valence-corrected chi connectivity index (χ1v) is 59.5. The molecule has 35 heteroatoms. The second-order valence-electron chi connectivity index (χ2n) is 16.6. The third kappa shape index (κ3) is 32.5. The van der Waals surface area contributed by atoms with Gasteiger partial charge in [-0.25, -0.2) is 4.98 Å². The summed E-state index contributed by atoms with van der Waals surface area (Å²) in [5.41, 5.74) is 7.93. The number of hydrogen-bond donors (Lipinski definition) is 1. The van der Waals surface area contributed by atoms with Crippen molar-refractivity contribution < 1.29 is 9.52 Å². The molecule has 0 amide bonds. The summed E-state index contributed by atoms with van der Waals surface area (Å²) in [5, 5.41) is 9.72. The number of halogens is 1. The average Bonchev–Trinajstić information content (AvgIpc) is 3.72. The minimum absolute atomic E-state index is 0.00394. The first kappa shape index (κ1) is 70.3. The lowest BCUT2D eigenvalue weighted by molar-refractivity contribution is 0.466. The maximum Gasteiger partial charge on any atom is 0.227 e. The van der Waals surface area contributed by atoms with E-state index < -0.39 is 0 Å². The Labute approximate surface area is 514 Å². The van der Waals surface area contributed by atoms with Crippen molar-refractivity contribution in [3.63, 3.8) is 0 Å². The molecule has 1 aromatic heterocycles. The zero-order chi connectivity index (χ0) is 52.1. The zero-order valence-corrected chi connectivity index (χ0v) is 65.4. The fraction of sp³-hybridized carbons (Fsp3) is 0.457. The van der Waals surface area contributed by atoms with Gasteiger partial charge >= 0.3 is 0 Å². The first-order chi connectivity index (χ1) is 33.1. The molecule has 0 radical (unpaired) electrons. The number of phenolic OH excluding ortho intramolecular Hbond substituents is 1. The number of nitrogens with zero attached hydrogens (tertiary/aromatic N) is 1. The molecular weight excluding hydrogens is 1540 g/mol. The Hall–Kier alpha value is 4.23. The summed E-state index contributed by atoms with van der Waals surface area (Å²) >= 11 is 13.0. The molecule has 0 saturated heterocycles. The van der Waals surface area contributed by atoms with Gasteiger partial charge in [0.2, 0.25) is 5.89 Å². The molecule has 0 bridgehead atoms. The lowest BCUT2D eigenvalue weighted by Gasteiger charge is -2.25. The van der Waals surface area contributed by atoms with Gasteiger partial charge in [0.1, 0.15) is 11.3 Å². The summed E-state index contributed by atoms with van der Waals surface area (Å²) < 4.78 is 7.24. The van der Waals surface area contributed by atoms with Gasteiger partial charge in [0.15, 0.2) is 5.58 Å². The number of benzene rings is 3. The number of hydrogen-bond acceptors (Lipinski definition) is 5. The highest BCUT2D eigenvalue weighted by atomic mass is 79.9. The minimum Gasteiger partial charge on any atom is -0.508 e. The Kier molecular flexibility index (Phi) is 39.8. The van der Waals surface area contributed by atoms with Gasteiger partial charge in [-0.3, -0.25) is 0 Å². The fourth-order valence-corrected chi connectivity index (χ4v) is 78.9. The fourth-order valence-electron chi connectivity index (χ4n) is 4.52. The van der Waals surface area contributed by atoms with E-state index in [9.17, 15) is 5.11 Å². The number of rotatable bonds is 1. The summed E-state index contributed by atoms with van der Waals surface area (Å²) in [6, 6.07) is 18.4. The van der Waals surface area contributed by atoms with Gasteiger partial charge in [-0.15, -0.1) is 0 Å². The van der Waals surface area contributed by atoms with Gasteiger partial charge in [-0.05, 0) is 80.8 Å². The van der Waals surface area contributed by atoms with Crippen molar-refractivity contribution in [2.24, 2.45) is 0 Å². The number of phenols is 1. The second-order valence-corrected chi connectivity index (χ2v) is 68.9. The van der Waals surface area contributed by atoms with E-state index >= 15 is 0 Å². The Morgan fingerprint density at radius 2 is 0.714 bits per heavy atom. The smallest absolute Gasteiger partial charge is 0.227 e. The molecule has 4 aromatic rings. The molecule has 0 aliphatic heterocycles. The second kappa shape index (κ2) is 39.6. The van der Waals surface area contributed by atoms with Crippen molar-refractivity contribution in [2.75, 3.05) is 0 Å². The third-order valence-electron chi connectivity index (χ3n) is 7.68. The average molecular weight is 1590 g/mol. The molecule has 396 valence electrons. The number of oxazole rings is 1. The molecule has 1 N–H and O–H groups in total. The maximum atomic E-state index is 9.72. The van der Waals surface area contributed by atoms with Crippen LogP contribution in [0.1, 0.15) is 105 Å². The molecule has 3 nitrogen and oxygen atoms in total. The zero-order valence-electron chi connectivity index (χ0n) is 38.5. The van der Waals surface area contributed by atoms with Crippen LogP contribution < -0.4 is 0 Å². The molecule has 0 fully saturated rings. The molecular formula is C35H46BrNO2S31. The summed E-state index contributed by atoms with van der Waals surface area (Å²) in [7, 11) is 50.9. The van der Waals surface area contributed by atoms with Crippen LogP contribution >= 0.6 is 15.9 Å². The van der Waals surface area contributed by atoms with Crippen molar-refractivity contribution >= 4 is 307 Å². The number of aromatic hydroxyl groups is 1. The molecule has 3 aromatic carbocycles. The summed E-state index contributed by atoms with van der Waals surface area (Å²) in [4.78, 5) is 4.78. The molecule has 0 atom stereocenters. The van der Waals surface area contributed by atoms with E-state index in [1.807, 2.05) is 170 Å². The number of aromatic nitrogens is 1. The Morgan fingerprint density at radius 3 is 1.00 bits per heavy atom. The van der Waals surface area contributed by atoms with Crippen LogP contribution in [-0.4, -0.2) is 10.1 Å². The standard InChI is InChI=1S/C21H24BrNO.C14H22O.S31/c1-20(2,3)14-11-16(21(4,5)6)18-17(12-14)23-19(24-18)13-7-9-15(22)10-8-13;1-13(2,3)10-7-11(14(4,5)6)9-12(15)8-10;1-3-5-7-9-11-13-15-17-19-21-23-25-27-29-31-30-28-26-24-22-20-18-16-14-12-10-8-6-4-2/h7-12H,1-6H3;7-9,15H,1-6H3;. The topological polar surface area (TPSA) is 46.3 Å². The predicted molar refractivity (Wildman–Crippen MR) is 398 cm³/mol.